The maximum atomic E-state index is 12.8. The Morgan fingerprint density at radius 2 is 1.69 bits per heavy atom. The van der Waals surface area contributed by atoms with Crippen LogP contribution in [0.1, 0.15) is 54.9 Å². The number of hydrogen-bond acceptors (Lipinski definition) is 3. The van der Waals surface area contributed by atoms with Crippen molar-refractivity contribution in [3.63, 3.8) is 0 Å². The number of nitrogens with zero attached hydrogens (tertiary/aromatic N) is 2. The van der Waals surface area contributed by atoms with E-state index in [1.54, 1.807) is 7.11 Å². The van der Waals surface area contributed by atoms with Crippen LogP contribution in [-0.4, -0.2) is 54.9 Å². The van der Waals surface area contributed by atoms with Gasteiger partial charge in [-0.1, -0.05) is 26.2 Å². The molecular weight excluding hydrogens is 328 g/mol. The maximum Gasteiger partial charge on any atom is 0.253 e. The number of amides is 2. The zero-order chi connectivity index (χ0) is 18.5. The zero-order valence-electron chi connectivity index (χ0n) is 16.0. The molecule has 26 heavy (non-hydrogen) atoms. The fourth-order valence-electron chi connectivity index (χ4n) is 4.11. The van der Waals surface area contributed by atoms with Crippen molar-refractivity contribution in [1.82, 2.24) is 9.80 Å². The van der Waals surface area contributed by atoms with Gasteiger partial charge in [-0.15, -0.1) is 0 Å². The molecule has 0 radical (unpaired) electrons. The lowest BCUT2D eigenvalue weighted by molar-refractivity contribution is -0.138. The van der Waals surface area contributed by atoms with E-state index in [-0.39, 0.29) is 11.8 Å². The van der Waals surface area contributed by atoms with Crippen LogP contribution in [0, 0.1) is 5.92 Å². The van der Waals surface area contributed by atoms with Gasteiger partial charge in [-0.2, -0.15) is 0 Å². The smallest absolute Gasteiger partial charge is 0.253 e. The van der Waals surface area contributed by atoms with E-state index in [2.05, 4.69) is 6.92 Å². The summed E-state index contributed by atoms with van der Waals surface area (Å²) in [7, 11) is 1.65. The number of aryl methyl sites for hydroxylation is 1. The molecule has 142 valence electrons. The molecule has 0 aromatic heterocycles. The third kappa shape index (κ3) is 4.02. The van der Waals surface area contributed by atoms with Crippen molar-refractivity contribution in [3.8, 4) is 5.75 Å². The molecule has 0 bridgehead atoms. The molecule has 1 aromatic rings. The Labute approximate surface area is 156 Å². The summed E-state index contributed by atoms with van der Waals surface area (Å²) in [4.78, 5) is 29.3. The summed E-state index contributed by atoms with van der Waals surface area (Å²) >= 11 is 0. The van der Waals surface area contributed by atoms with Crippen LogP contribution in [0.3, 0.4) is 0 Å². The summed E-state index contributed by atoms with van der Waals surface area (Å²) in [6.45, 7) is 4.59. The second-order valence-corrected chi connectivity index (χ2v) is 7.33. The van der Waals surface area contributed by atoms with Crippen LogP contribution in [0.5, 0.6) is 5.75 Å². The Bertz CT molecular complexity index is 645. The standard InChI is InChI=1S/C21H30N2O3/c1-3-16-15-18(9-10-19(16)26-2)21(25)23-13-11-22(12-14-23)20(24)17-7-5-4-6-8-17/h9-10,15,17H,3-8,11-14H2,1-2H3. The van der Waals surface area contributed by atoms with Crippen LogP contribution in [0.15, 0.2) is 18.2 Å². The molecule has 2 amide bonds. The number of methoxy groups -OCH3 is 1. The molecule has 2 aliphatic rings. The van der Waals surface area contributed by atoms with Crippen LogP contribution >= 0.6 is 0 Å². The zero-order valence-corrected chi connectivity index (χ0v) is 16.0. The molecule has 0 spiro atoms. The van der Waals surface area contributed by atoms with E-state index in [0.717, 1.165) is 30.6 Å². The third-order valence-corrected chi connectivity index (χ3v) is 5.74. The highest BCUT2D eigenvalue weighted by molar-refractivity contribution is 5.95. The highest BCUT2D eigenvalue weighted by Crippen LogP contribution is 2.26. The first-order valence-electron chi connectivity index (χ1n) is 9.89. The predicted octanol–water partition coefficient (Wildman–Crippen LogP) is 3.12. The van der Waals surface area contributed by atoms with E-state index < -0.39 is 0 Å². The van der Waals surface area contributed by atoms with E-state index in [1.165, 1.54) is 19.3 Å². The van der Waals surface area contributed by atoms with E-state index in [9.17, 15) is 9.59 Å². The average molecular weight is 358 g/mol. The Balaban J connectivity index is 1.59. The summed E-state index contributed by atoms with van der Waals surface area (Å²) < 4.78 is 5.35. The summed E-state index contributed by atoms with van der Waals surface area (Å²) in [5, 5.41) is 0. The maximum absolute atomic E-state index is 12.8. The van der Waals surface area contributed by atoms with Crippen molar-refractivity contribution in [2.75, 3.05) is 33.3 Å². The van der Waals surface area contributed by atoms with Crippen molar-refractivity contribution in [1.29, 1.82) is 0 Å². The van der Waals surface area contributed by atoms with Gasteiger partial charge in [-0.25, -0.2) is 0 Å². The Kier molecular flexibility index (Phi) is 6.17. The van der Waals surface area contributed by atoms with Gasteiger partial charge < -0.3 is 14.5 Å². The molecule has 1 saturated heterocycles. The topological polar surface area (TPSA) is 49.9 Å². The van der Waals surface area contributed by atoms with Gasteiger partial charge in [0, 0.05) is 37.7 Å². The summed E-state index contributed by atoms with van der Waals surface area (Å²) in [6, 6.07) is 5.63. The van der Waals surface area contributed by atoms with Gasteiger partial charge in [0.15, 0.2) is 0 Å². The van der Waals surface area contributed by atoms with Crippen molar-refractivity contribution in [2.45, 2.75) is 45.4 Å². The second-order valence-electron chi connectivity index (χ2n) is 7.33. The molecule has 1 aliphatic heterocycles. The molecule has 0 N–H and O–H groups in total. The van der Waals surface area contributed by atoms with E-state index in [1.807, 2.05) is 28.0 Å². The van der Waals surface area contributed by atoms with Gasteiger partial charge in [-0.3, -0.25) is 9.59 Å². The average Bonchev–Trinajstić information content (AvgIpc) is 2.73. The number of carbonyl (C=O) groups excluding carboxylic acids is 2. The third-order valence-electron chi connectivity index (χ3n) is 5.74. The number of carbonyl (C=O) groups is 2. The van der Waals surface area contributed by atoms with Gasteiger partial charge in [0.25, 0.3) is 5.91 Å². The van der Waals surface area contributed by atoms with Crippen LogP contribution in [0.4, 0.5) is 0 Å². The minimum atomic E-state index is 0.0483. The Hall–Kier alpha value is -2.04. The highest BCUT2D eigenvalue weighted by Gasteiger charge is 2.30. The first kappa shape index (κ1) is 18.7. The van der Waals surface area contributed by atoms with Gasteiger partial charge >= 0.3 is 0 Å². The van der Waals surface area contributed by atoms with Crippen molar-refractivity contribution < 1.29 is 14.3 Å². The molecule has 0 unspecified atom stereocenters. The molecule has 1 heterocycles. The van der Waals surface area contributed by atoms with Crippen LogP contribution in [-0.2, 0) is 11.2 Å². The molecule has 3 rings (SSSR count). The normalized spacial score (nSPS) is 18.7. The lowest BCUT2D eigenvalue weighted by Gasteiger charge is -2.37. The number of piperazine rings is 1. The summed E-state index contributed by atoms with van der Waals surface area (Å²) in [5.41, 5.74) is 1.75. The van der Waals surface area contributed by atoms with Crippen LogP contribution in [0.25, 0.3) is 0 Å². The number of hydrogen-bond donors (Lipinski definition) is 0. The summed E-state index contributed by atoms with van der Waals surface area (Å²) in [5.74, 6) is 1.38. The fraction of sp³-hybridized carbons (Fsp3) is 0.619. The molecule has 1 aliphatic carbocycles. The fourth-order valence-corrected chi connectivity index (χ4v) is 4.11. The van der Waals surface area contributed by atoms with E-state index >= 15 is 0 Å². The van der Waals surface area contributed by atoms with Gasteiger partial charge in [0.05, 0.1) is 7.11 Å². The first-order chi connectivity index (χ1) is 12.6. The van der Waals surface area contributed by atoms with Crippen molar-refractivity contribution >= 4 is 11.8 Å². The molecule has 0 atom stereocenters. The molecule has 1 saturated carbocycles. The summed E-state index contributed by atoms with van der Waals surface area (Å²) in [6.07, 6.45) is 6.49. The van der Waals surface area contributed by atoms with Crippen molar-refractivity contribution in [2.24, 2.45) is 5.92 Å². The monoisotopic (exact) mass is 358 g/mol. The predicted molar refractivity (Wildman–Crippen MR) is 101 cm³/mol. The van der Waals surface area contributed by atoms with Gasteiger partial charge in [-0.05, 0) is 43.0 Å². The molecule has 1 aromatic carbocycles. The largest absolute Gasteiger partial charge is 0.496 e. The van der Waals surface area contributed by atoms with E-state index in [0.29, 0.717) is 37.6 Å². The van der Waals surface area contributed by atoms with Gasteiger partial charge in [0.1, 0.15) is 5.75 Å². The number of rotatable bonds is 4. The number of benzene rings is 1. The first-order valence-corrected chi connectivity index (χ1v) is 9.89. The van der Waals surface area contributed by atoms with Crippen molar-refractivity contribution in [3.05, 3.63) is 29.3 Å². The minimum Gasteiger partial charge on any atom is -0.496 e. The molecular formula is C21H30N2O3. The minimum absolute atomic E-state index is 0.0483. The van der Waals surface area contributed by atoms with E-state index in [4.69, 9.17) is 4.74 Å². The molecule has 2 fully saturated rings. The SMILES string of the molecule is CCc1cc(C(=O)N2CCN(C(=O)C3CCCCC3)CC2)ccc1OC. The van der Waals surface area contributed by atoms with Crippen LogP contribution < -0.4 is 4.74 Å². The molecule has 5 nitrogen and oxygen atoms in total. The van der Waals surface area contributed by atoms with Gasteiger partial charge in [0.2, 0.25) is 5.91 Å². The highest BCUT2D eigenvalue weighted by atomic mass is 16.5. The number of ether oxygens (including phenoxy) is 1. The lowest BCUT2D eigenvalue weighted by atomic mass is 9.88. The quantitative estimate of drug-likeness (QED) is 0.831. The van der Waals surface area contributed by atoms with Crippen LogP contribution in [0.2, 0.25) is 0 Å². The second kappa shape index (κ2) is 8.56. The lowest BCUT2D eigenvalue weighted by Crippen LogP contribution is -2.52. The Morgan fingerprint density at radius 3 is 2.31 bits per heavy atom. The molecule has 5 heteroatoms. The Morgan fingerprint density at radius 1 is 1.04 bits per heavy atom.